The fraction of sp³-hybridized carbons (Fsp3) is 0.190. The van der Waals surface area contributed by atoms with E-state index in [1.807, 2.05) is 42.5 Å². The number of benzene rings is 2. The van der Waals surface area contributed by atoms with Crippen LogP contribution in [0.2, 0.25) is 0 Å². The van der Waals surface area contributed by atoms with Crippen molar-refractivity contribution in [2.45, 2.75) is 12.5 Å². The van der Waals surface area contributed by atoms with Crippen LogP contribution in [0.4, 0.5) is 4.39 Å². The molecule has 1 atom stereocenters. The second-order valence-corrected chi connectivity index (χ2v) is 5.93. The molecule has 26 heavy (non-hydrogen) atoms. The van der Waals surface area contributed by atoms with Crippen LogP contribution in [0, 0.1) is 5.82 Å². The van der Waals surface area contributed by atoms with Crippen molar-refractivity contribution < 1.29 is 13.6 Å². The Bertz CT molecular complexity index is 819. The third-order valence-electron chi connectivity index (χ3n) is 4.10. The molecule has 0 fully saturated rings. The summed E-state index contributed by atoms with van der Waals surface area (Å²) in [6.45, 7) is 0.524. The third-order valence-corrected chi connectivity index (χ3v) is 4.10. The zero-order chi connectivity index (χ0) is 18.2. The lowest BCUT2D eigenvalue weighted by Gasteiger charge is -2.17. The van der Waals surface area contributed by atoms with Gasteiger partial charge in [-0.3, -0.25) is 10.1 Å². The average Bonchev–Trinajstić information content (AvgIpc) is 3.19. The highest BCUT2D eigenvalue weighted by Crippen LogP contribution is 2.21. The van der Waals surface area contributed by atoms with Crippen LogP contribution in [0.5, 0.6) is 0 Å². The van der Waals surface area contributed by atoms with Gasteiger partial charge in [-0.2, -0.15) is 0 Å². The topological polar surface area (TPSA) is 54.3 Å². The number of carbonyl (C=O) groups excluding carboxylic acids is 1. The average molecular weight is 352 g/mol. The molecule has 1 amide bonds. The van der Waals surface area contributed by atoms with Crippen molar-refractivity contribution in [3.8, 4) is 0 Å². The molecule has 0 radical (unpaired) electrons. The second-order valence-electron chi connectivity index (χ2n) is 5.93. The molecule has 0 aliphatic rings. The van der Waals surface area contributed by atoms with Gasteiger partial charge in [0.2, 0.25) is 5.91 Å². The zero-order valence-corrected chi connectivity index (χ0v) is 14.3. The molecule has 0 aliphatic carbocycles. The summed E-state index contributed by atoms with van der Waals surface area (Å²) in [5.41, 5.74) is 1.61. The van der Waals surface area contributed by atoms with E-state index in [9.17, 15) is 9.18 Å². The van der Waals surface area contributed by atoms with Gasteiger partial charge in [-0.15, -0.1) is 0 Å². The quantitative estimate of drug-likeness (QED) is 0.653. The van der Waals surface area contributed by atoms with Crippen LogP contribution >= 0.6 is 0 Å². The summed E-state index contributed by atoms with van der Waals surface area (Å²) >= 11 is 0. The molecule has 3 rings (SSSR count). The minimum atomic E-state index is -0.248. The first-order chi connectivity index (χ1) is 12.7. The Labute approximate surface area is 152 Å². The van der Waals surface area contributed by atoms with Gasteiger partial charge in [0, 0.05) is 6.54 Å². The molecule has 4 nitrogen and oxygen atoms in total. The highest BCUT2D eigenvalue weighted by atomic mass is 19.1. The van der Waals surface area contributed by atoms with Gasteiger partial charge in [0.15, 0.2) is 0 Å². The highest BCUT2D eigenvalue weighted by molar-refractivity contribution is 5.78. The molecule has 2 N–H and O–H groups in total. The van der Waals surface area contributed by atoms with Gasteiger partial charge < -0.3 is 9.73 Å². The first kappa shape index (κ1) is 17.9. The SMILES string of the molecule is O=C(CN[C@H](c1ccccc1)c1ccco1)NCCc1ccccc1F. The highest BCUT2D eigenvalue weighted by Gasteiger charge is 2.17. The fourth-order valence-corrected chi connectivity index (χ4v) is 2.78. The van der Waals surface area contributed by atoms with Crippen molar-refractivity contribution >= 4 is 5.91 Å². The molecule has 0 aliphatic heterocycles. The molecular formula is C21H21FN2O2. The van der Waals surface area contributed by atoms with E-state index in [0.29, 0.717) is 18.5 Å². The predicted molar refractivity (Wildman–Crippen MR) is 98.1 cm³/mol. The minimum Gasteiger partial charge on any atom is -0.467 e. The maximum Gasteiger partial charge on any atom is 0.233 e. The Balaban J connectivity index is 1.52. The molecular weight excluding hydrogens is 331 g/mol. The Morgan fingerprint density at radius 3 is 2.50 bits per heavy atom. The molecule has 2 aromatic carbocycles. The summed E-state index contributed by atoms with van der Waals surface area (Å²) in [5, 5.41) is 6.03. The van der Waals surface area contributed by atoms with Crippen LogP contribution in [0.15, 0.2) is 77.4 Å². The number of hydrogen-bond donors (Lipinski definition) is 2. The number of rotatable bonds is 8. The van der Waals surface area contributed by atoms with E-state index >= 15 is 0 Å². The Morgan fingerprint density at radius 2 is 1.77 bits per heavy atom. The fourth-order valence-electron chi connectivity index (χ4n) is 2.78. The largest absolute Gasteiger partial charge is 0.467 e. The first-order valence-electron chi connectivity index (χ1n) is 8.56. The van der Waals surface area contributed by atoms with Gasteiger partial charge in [0.25, 0.3) is 0 Å². The first-order valence-corrected chi connectivity index (χ1v) is 8.56. The van der Waals surface area contributed by atoms with Crippen LogP contribution < -0.4 is 10.6 Å². The van der Waals surface area contributed by atoms with E-state index in [4.69, 9.17) is 4.42 Å². The van der Waals surface area contributed by atoms with Gasteiger partial charge >= 0.3 is 0 Å². The number of hydrogen-bond acceptors (Lipinski definition) is 3. The molecule has 5 heteroatoms. The summed E-state index contributed by atoms with van der Waals surface area (Å²) in [5.74, 6) is 0.353. The Morgan fingerprint density at radius 1 is 1.00 bits per heavy atom. The number of amides is 1. The second kappa shape index (κ2) is 8.97. The van der Waals surface area contributed by atoms with E-state index in [1.165, 1.54) is 6.07 Å². The van der Waals surface area contributed by atoms with E-state index < -0.39 is 0 Å². The maximum atomic E-state index is 13.6. The summed E-state index contributed by atoms with van der Waals surface area (Å²) < 4.78 is 19.1. The van der Waals surface area contributed by atoms with Gasteiger partial charge in [-0.05, 0) is 35.7 Å². The number of nitrogens with one attached hydrogen (secondary N) is 2. The van der Waals surface area contributed by atoms with Crippen LogP contribution in [-0.4, -0.2) is 19.0 Å². The number of halogens is 1. The summed E-state index contributed by atoms with van der Waals surface area (Å²) in [6, 6.07) is 19.9. The molecule has 3 aromatic rings. The zero-order valence-electron chi connectivity index (χ0n) is 14.3. The molecule has 0 saturated carbocycles. The minimum absolute atomic E-state index is 0.136. The molecule has 134 valence electrons. The summed E-state index contributed by atoms with van der Waals surface area (Å²) in [6.07, 6.45) is 2.07. The predicted octanol–water partition coefficient (Wildman–Crippen LogP) is 3.46. The lowest BCUT2D eigenvalue weighted by atomic mass is 10.0. The molecule has 0 saturated heterocycles. The monoisotopic (exact) mass is 352 g/mol. The molecule has 0 bridgehead atoms. The van der Waals surface area contributed by atoms with Crippen LogP contribution in [-0.2, 0) is 11.2 Å². The smallest absolute Gasteiger partial charge is 0.233 e. The van der Waals surface area contributed by atoms with E-state index in [1.54, 1.807) is 24.5 Å². The third kappa shape index (κ3) is 4.80. The van der Waals surface area contributed by atoms with Crippen molar-refractivity contribution in [3.63, 3.8) is 0 Å². The summed E-state index contributed by atoms with van der Waals surface area (Å²) in [4.78, 5) is 12.1. The van der Waals surface area contributed by atoms with Gasteiger partial charge in [0.1, 0.15) is 11.6 Å². The molecule has 0 unspecified atom stereocenters. The van der Waals surface area contributed by atoms with E-state index in [-0.39, 0.29) is 24.3 Å². The van der Waals surface area contributed by atoms with Gasteiger partial charge in [-0.1, -0.05) is 48.5 Å². The maximum absolute atomic E-state index is 13.6. The van der Waals surface area contributed by atoms with E-state index in [2.05, 4.69) is 10.6 Å². The van der Waals surface area contributed by atoms with Gasteiger partial charge in [-0.25, -0.2) is 4.39 Å². The van der Waals surface area contributed by atoms with Crippen molar-refractivity contribution in [2.24, 2.45) is 0 Å². The lowest BCUT2D eigenvalue weighted by Crippen LogP contribution is -2.37. The Kier molecular flexibility index (Phi) is 6.17. The van der Waals surface area contributed by atoms with E-state index in [0.717, 1.165) is 11.3 Å². The van der Waals surface area contributed by atoms with Crippen LogP contribution in [0.1, 0.15) is 22.9 Å². The van der Waals surface area contributed by atoms with Crippen molar-refractivity contribution in [3.05, 3.63) is 95.7 Å². The standard InChI is InChI=1S/C21H21FN2O2/c22-18-10-5-4-7-16(18)12-13-23-20(25)15-24-21(19-11-6-14-26-19)17-8-2-1-3-9-17/h1-11,14,21,24H,12-13,15H2,(H,23,25)/t21-/m1/s1. The molecule has 1 aromatic heterocycles. The van der Waals surface area contributed by atoms with Crippen LogP contribution in [0.25, 0.3) is 0 Å². The molecule has 0 spiro atoms. The van der Waals surface area contributed by atoms with Gasteiger partial charge in [0.05, 0.1) is 18.8 Å². The van der Waals surface area contributed by atoms with Crippen molar-refractivity contribution in [1.29, 1.82) is 0 Å². The van der Waals surface area contributed by atoms with Crippen LogP contribution in [0.3, 0.4) is 0 Å². The lowest BCUT2D eigenvalue weighted by molar-refractivity contribution is -0.120. The Hall–Kier alpha value is -2.92. The number of carbonyl (C=O) groups is 1. The number of furan rings is 1. The molecule has 1 heterocycles. The normalized spacial score (nSPS) is 11.9. The van der Waals surface area contributed by atoms with Crippen molar-refractivity contribution in [1.82, 2.24) is 10.6 Å². The summed E-state index contributed by atoms with van der Waals surface area (Å²) in [7, 11) is 0. The van der Waals surface area contributed by atoms with Crippen molar-refractivity contribution in [2.75, 3.05) is 13.1 Å².